The summed E-state index contributed by atoms with van der Waals surface area (Å²) in [4.78, 5) is 14.8. The molecule has 2 rings (SSSR count). The predicted molar refractivity (Wildman–Crippen MR) is 78.3 cm³/mol. The van der Waals surface area contributed by atoms with Gasteiger partial charge in [-0.3, -0.25) is 4.79 Å². The lowest BCUT2D eigenvalue weighted by Gasteiger charge is -2.04. The topological polar surface area (TPSA) is 89.4 Å². The second-order valence-corrected chi connectivity index (χ2v) is 5.55. The molecule has 0 fully saturated rings. The number of carboxylic acids is 1. The van der Waals surface area contributed by atoms with E-state index in [0.29, 0.717) is 29.4 Å². The molecule has 1 heterocycles. The molecule has 1 aromatic carbocycles. The van der Waals surface area contributed by atoms with E-state index < -0.39 is 12.0 Å². The second-order valence-electron chi connectivity index (χ2n) is 4.44. The van der Waals surface area contributed by atoms with Crippen LogP contribution in [0.4, 0.5) is 4.39 Å². The van der Waals surface area contributed by atoms with Crippen molar-refractivity contribution < 1.29 is 18.7 Å². The van der Waals surface area contributed by atoms with Crippen molar-refractivity contribution in [1.29, 1.82) is 0 Å². The maximum atomic E-state index is 13.1. The monoisotopic (exact) mass is 310 g/mol. The molecule has 112 valence electrons. The van der Waals surface area contributed by atoms with Gasteiger partial charge in [0.2, 0.25) is 5.89 Å². The minimum atomic E-state index is -0.995. The molecule has 5 nitrogen and oxygen atoms in total. The summed E-state index contributed by atoms with van der Waals surface area (Å²) in [5.74, 6) is 0.239. The van der Waals surface area contributed by atoms with Crippen LogP contribution in [0.2, 0.25) is 0 Å². The van der Waals surface area contributed by atoms with Crippen molar-refractivity contribution in [3.8, 4) is 11.5 Å². The lowest BCUT2D eigenvalue weighted by molar-refractivity contribution is -0.138. The van der Waals surface area contributed by atoms with Gasteiger partial charge >= 0.3 is 5.97 Å². The number of aromatic nitrogens is 1. The van der Waals surface area contributed by atoms with Gasteiger partial charge in [0.05, 0.1) is 5.69 Å². The number of nitrogens with zero attached hydrogens (tertiary/aromatic N) is 1. The van der Waals surface area contributed by atoms with Crippen LogP contribution in [0, 0.1) is 5.82 Å². The number of carboxylic acid groups (broad SMARTS) is 1. The van der Waals surface area contributed by atoms with Crippen LogP contribution in [-0.4, -0.2) is 27.9 Å². The Kier molecular flexibility index (Phi) is 5.35. The zero-order valence-corrected chi connectivity index (χ0v) is 12.0. The Morgan fingerprint density at radius 2 is 2.33 bits per heavy atom. The van der Waals surface area contributed by atoms with Crippen LogP contribution in [0.1, 0.15) is 12.1 Å². The summed E-state index contributed by atoms with van der Waals surface area (Å²) < 4.78 is 18.4. The van der Waals surface area contributed by atoms with Crippen molar-refractivity contribution in [2.24, 2.45) is 5.73 Å². The molecule has 0 radical (unpaired) electrons. The lowest BCUT2D eigenvalue weighted by atomic mass is 10.2. The predicted octanol–water partition coefficient (Wildman–Crippen LogP) is 2.52. The molecule has 0 saturated carbocycles. The van der Waals surface area contributed by atoms with E-state index in [9.17, 15) is 9.18 Å². The first-order valence-corrected chi connectivity index (χ1v) is 7.48. The van der Waals surface area contributed by atoms with Crippen LogP contribution in [0.15, 0.2) is 34.9 Å². The quantitative estimate of drug-likeness (QED) is 0.764. The Bertz CT molecular complexity index is 618. The number of aliphatic carboxylic acids is 1. The van der Waals surface area contributed by atoms with Gasteiger partial charge in [-0.05, 0) is 30.4 Å². The molecule has 3 N–H and O–H groups in total. The van der Waals surface area contributed by atoms with Crippen LogP contribution in [0.5, 0.6) is 0 Å². The van der Waals surface area contributed by atoms with Crippen molar-refractivity contribution in [3.63, 3.8) is 0 Å². The van der Waals surface area contributed by atoms with E-state index in [-0.39, 0.29) is 5.82 Å². The van der Waals surface area contributed by atoms with Crippen molar-refractivity contribution in [2.45, 2.75) is 18.2 Å². The van der Waals surface area contributed by atoms with Crippen LogP contribution in [-0.2, 0) is 10.5 Å². The lowest BCUT2D eigenvalue weighted by Crippen LogP contribution is -2.30. The smallest absolute Gasteiger partial charge is 0.320 e. The van der Waals surface area contributed by atoms with Gasteiger partial charge in [0.15, 0.2) is 0 Å². The Balaban J connectivity index is 1.85. The fourth-order valence-electron chi connectivity index (χ4n) is 1.64. The van der Waals surface area contributed by atoms with Gasteiger partial charge in [-0.2, -0.15) is 11.8 Å². The highest BCUT2D eigenvalue weighted by atomic mass is 32.2. The number of rotatable bonds is 7. The third-order valence-electron chi connectivity index (χ3n) is 2.76. The highest BCUT2D eigenvalue weighted by Crippen LogP contribution is 2.21. The number of halogens is 1. The molecular formula is C14H15FN2O3S. The number of hydrogen-bond donors (Lipinski definition) is 2. The van der Waals surface area contributed by atoms with Crippen LogP contribution >= 0.6 is 11.8 Å². The van der Waals surface area contributed by atoms with E-state index in [2.05, 4.69) is 4.98 Å². The molecular weight excluding hydrogens is 295 g/mol. The molecule has 0 spiro atoms. The van der Waals surface area contributed by atoms with E-state index in [1.165, 1.54) is 30.2 Å². The van der Waals surface area contributed by atoms with Crippen molar-refractivity contribution in [2.75, 3.05) is 5.75 Å². The zero-order valence-electron chi connectivity index (χ0n) is 11.2. The minimum Gasteiger partial charge on any atom is -0.480 e. The Hall–Kier alpha value is -1.86. The Labute approximate surface area is 125 Å². The molecule has 0 aliphatic carbocycles. The average molecular weight is 310 g/mol. The molecule has 1 unspecified atom stereocenters. The van der Waals surface area contributed by atoms with E-state index in [1.807, 2.05) is 0 Å². The molecule has 0 amide bonds. The van der Waals surface area contributed by atoms with Gasteiger partial charge in [0, 0.05) is 11.3 Å². The number of hydrogen-bond acceptors (Lipinski definition) is 5. The molecule has 21 heavy (non-hydrogen) atoms. The van der Waals surface area contributed by atoms with Crippen molar-refractivity contribution in [3.05, 3.63) is 42.0 Å². The van der Waals surface area contributed by atoms with Gasteiger partial charge in [-0.1, -0.05) is 6.07 Å². The van der Waals surface area contributed by atoms with E-state index >= 15 is 0 Å². The summed E-state index contributed by atoms with van der Waals surface area (Å²) in [6, 6.07) is 5.19. The minimum absolute atomic E-state index is 0.343. The first-order chi connectivity index (χ1) is 10.1. The molecule has 2 aromatic rings. The number of carbonyl (C=O) groups is 1. The highest BCUT2D eigenvalue weighted by molar-refractivity contribution is 7.98. The summed E-state index contributed by atoms with van der Waals surface area (Å²) in [5, 5.41) is 8.66. The molecule has 0 aliphatic rings. The normalized spacial score (nSPS) is 12.3. The molecule has 0 saturated heterocycles. The Morgan fingerprint density at radius 3 is 3.05 bits per heavy atom. The zero-order chi connectivity index (χ0) is 15.2. The van der Waals surface area contributed by atoms with Crippen molar-refractivity contribution >= 4 is 17.7 Å². The maximum Gasteiger partial charge on any atom is 0.320 e. The van der Waals surface area contributed by atoms with Gasteiger partial charge < -0.3 is 15.3 Å². The fraction of sp³-hybridized carbons (Fsp3) is 0.286. The first-order valence-electron chi connectivity index (χ1n) is 6.32. The maximum absolute atomic E-state index is 13.1. The standard InChI is InChI=1S/C14H15FN2O3S/c15-10-3-1-2-9(6-10)13-17-11(7-20-13)8-21-5-4-12(16)14(18)19/h1-3,6-7,12H,4-5,8,16H2,(H,18,19). The number of thioether (sulfide) groups is 1. The van der Waals surface area contributed by atoms with Gasteiger partial charge in [0.25, 0.3) is 0 Å². The average Bonchev–Trinajstić information content (AvgIpc) is 2.92. The largest absolute Gasteiger partial charge is 0.480 e. The Morgan fingerprint density at radius 1 is 1.52 bits per heavy atom. The summed E-state index contributed by atoms with van der Waals surface area (Å²) in [7, 11) is 0. The molecule has 1 aromatic heterocycles. The highest BCUT2D eigenvalue weighted by Gasteiger charge is 2.11. The van der Waals surface area contributed by atoms with Crippen LogP contribution < -0.4 is 5.73 Å². The number of nitrogens with two attached hydrogens (primary N) is 1. The van der Waals surface area contributed by atoms with Gasteiger partial charge in [-0.15, -0.1) is 0 Å². The second kappa shape index (κ2) is 7.24. The third-order valence-corrected chi connectivity index (χ3v) is 3.79. The molecule has 0 aliphatic heterocycles. The van der Waals surface area contributed by atoms with Gasteiger partial charge in [-0.25, -0.2) is 9.37 Å². The van der Waals surface area contributed by atoms with E-state index in [4.69, 9.17) is 15.3 Å². The van der Waals surface area contributed by atoms with E-state index in [0.717, 1.165) is 5.69 Å². The summed E-state index contributed by atoms with van der Waals surface area (Å²) in [5.41, 5.74) is 6.72. The number of benzene rings is 1. The van der Waals surface area contributed by atoms with E-state index in [1.54, 1.807) is 12.1 Å². The van der Waals surface area contributed by atoms with Crippen molar-refractivity contribution in [1.82, 2.24) is 4.98 Å². The summed E-state index contributed by atoms with van der Waals surface area (Å²) in [6.07, 6.45) is 1.92. The van der Waals surface area contributed by atoms with Crippen LogP contribution in [0.3, 0.4) is 0 Å². The molecule has 1 atom stereocenters. The SMILES string of the molecule is NC(CCSCc1coc(-c2cccc(F)c2)n1)C(=O)O. The van der Waals surface area contributed by atoms with Gasteiger partial charge in [0.1, 0.15) is 18.1 Å². The number of oxazole rings is 1. The third kappa shape index (κ3) is 4.57. The summed E-state index contributed by atoms with van der Waals surface area (Å²) in [6.45, 7) is 0. The first kappa shape index (κ1) is 15.5. The van der Waals surface area contributed by atoms with Crippen LogP contribution in [0.25, 0.3) is 11.5 Å². The molecule has 0 bridgehead atoms. The summed E-state index contributed by atoms with van der Waals surface area (Å²) >= 11 is 1.52. The molecule has 7 heteroatoms. The fourth-order valence-corrected chi connectivity index (χ4v) is 2.54.